The van der Waals surface area contributed by atoms with E-state index >= 15 is 0 Å². The fourth-order valence-corrected chi connectivity index (χ4v) is 5.97. The van der Waals surface area contributed by atoms with E-state index in [2.05, 4.69) is 52.6 Å². The Morgan fingerprint density at radius 1 is 0.958 bits per heavy atom. The Hall–Kier alpha value is -0.560. The summed E-state index contributed by atoms with van der Waals surface area (Å²) in [4.78, 5) is 2.53. The van der Waals surface area contributed by atoms with Crippen LogP contribution in [0.2, 0.25) is 0 Å². The molecule has 0 saturated heterocycles. The van der Waals surface area contributed by atoms with Crippen molar-refractivity contribution in [3.63, 3.8) is 0 Å². The Bertz CT molecular complexity index is 514. The van der Waals surface area contributed by atoms with Crippen molar-refractivity contribution in [3.8, 4) is 0 Å². The van der Waals surface area contributed by atoms with Crippen LogP contribution in [0.1, 0.15) is 66.7 Å². The van der Waals surface area contributed by atoms with Crippen LogP contribution in [0.15, 0.2) is 22.8 Å². The van der Waals surface area contributed by atoms with E-state index in [1.807, 2.05) is 0 Å². The Balaban J connectivity index is 1.74. The molecule has 3 aliphatic rings. The highest BCUT2D eigenvalue weighted by Crippen LogP contribution is 2.49. The van der Waals surface area contributed by atoms with E-state index in [1.165, 1.54) is 45.2 Å². The van der Waals surface area contributed by atoms with Crippen LogP contribution in [0.5, 0.6) is 0 Å². The summed E-state index contributed by atoms with van der Waals surface area (Å²) in [6.07, 6.45) is 9.33. The van der Waals surface area contributed by atoms with Crippen molar-refractivity contribution in [2.24, 2.45) is 35.5 Å². The second-order valence-corrected chi connectivity index (χ2v) is 9.62. The number of rotatable bonds is 2. The number of likely N-dealkylation sites (N-methyl/N-ethyl adjacent to an activating group) is 1. The van der Waals surface area contributed by atoms with Gasteiger partial charge in [-0.15, -0.1) is 0 Å². The summed E-state index contributed by atoms with van der Waals surface area (Å²) in [5, 5.41) is 0. The fraction of sp³-hybridized carbons (Fsp3) is 0.826. The molecule has 1 saturated carbocycles. The lowest BCUT2D eigenvalue weighted by Crippen LogP contribution is -2.40. The van der Waals surface area contributed by atoms with Gasteiger partial charge in [0.1, 0.15) is 0 Å². The first-order chi connectivity index (χ1) is 11.4. The maximum atomic E-state index is 2.56. The average molecular weight is 330 g/mol. The summed E-state index contributed by atoms with van der Waals surface area (Å²) in [5.74, 6) is 5.34. The predicted octanol–water partition coefficient (Wildman–Crippen LogP) is 5.93. The Labute approximate surface area is 150 Å². The average Bonchev–Trinajstić information content (AvgIpc) is 2.54. The van der Waals surface area contributed by atoms with Crippen LogP contribution >= 0.6 is 0 Å². The molecule has 0 amide bonds. The van der Waals surface area contributed by atoms with Crippen molar-refractivity contribution in [1.82, 2.24) is 4.90 Å². The minimum Gasteiger partial charge on any atom is -0.302 e. The topological polar surface area (TPSA) is 3.24 Å². The van der Waals surface area contributed by atoms with Gasteiger partial charge in [-0.2, -0.15) is 0 Å². The number of nitrogens with zero attached hydrogens (tertiary/aromatic N) is 1. The zero-order chi connectivity index (χ0) is 17.4. The maximum absolute atomic E-state index is 2.56. The third-order valence-corrected chi connectivity index (χ3v) is 7.67. The Kier molecular flexibility index (Phi) is 5.59. The first kappa shape index (κ1) is 18.2. The van der Waals surface area contributed by atoms with Gasteiger partial charge < -0.3 is 4.90 Å². The van der Waals surface area contributed by atoms with Gasteiger partial charge in [0.2, 0.25) is 0 Å². The van der Waals surface area contributed by atoms with Crippen molar-refractivity contribution in [1.29, 1.82) is 0 Å². The normalized spacial score (nSPS) is 42.2. The highest BCUT2D eigenvalue weighted by Gasteiger charge is 2.40. The molecule has 6 atom stereocenters. The predicted molar refractivity (Wildman–Crippen MR) is 105 cm³/mol. The van der Waals surface area contributed by atoms with Crippen molar-refractivity contribution < 1.29 is 0 Å². The molecule has 0 aromatic carbocycles. The molecule has 1 heterocycles. The van der Waals surface area contributed by atoms with Crippen LogP contribution in [0.25, 0.3) is 0 Å². The molecule has 3 rings (SSSR count). The van der Waals surface area contributed by atoms with Gasteiger partial charge in [0.25, 0.3) is 0 Å². The fourth-order valence-electron chi connectivity index (χ4n) is 5.97. The van der Waals surface area contributed by atoms with Gasteiger partial charge in [0, 0.05) is 13.1 Å². The summed E-state index contributed by atoms with van der Waals surface area (Å²) >= 11 is 0. The molecule has 3 unspecified atom stereocenters. The third-order valence-electron chi connectivity index (χ3n) is 7.67. The molecule has 0 spiro atoms. The molecule has 2 aliphatic carbocycles. The van der Waals surface area contributed by atoms with Gasteiger partial charge in [-0.1, -0.05) is 43.6 Å². The van der Waals surface area contributed by atoms with Crippen LogP contribution < -0.4 is 0 Å². The van der Waals surface area contributed by atoms with Crippen LogP contribution in [0.4, 0.5) is 0 Å². The SMILES string of the molecule is CC1=CC[C@H](C)C(C2C[C@@H](C)C(C3=C(C)CCN(C)C3)C[C@H]2C)C1. The molecular weight excluding hydrogens is 290 g/mol. The smallest absolute Gasteiger partial charge is 0.0195 e. The highest BCUT2D eigenvalue weighted by molar-refractivity contribution is 5.22. The molecule has 1 nitrogen and oxygen atoms in total. The number of allylic oxidation sites excluding steroid dienone is 2. The van der Waals surface area contributed by atoms with Crippen LogP contribution in [-0.4, -0.2) is 25.0 Å². The molecule has 0 bridgehead atoms. The first-order valence-corrected chi connectivity index (χ1v) is 10.4. The highest BCUT2D eigenvalue weighted by atomic mass is 15.1. The quantitative estimate of drug-likeness (QED) is 0.568. The summed E-state index contributed by atoms with van der Waals surface area (Å²) in [6, 6.07) is 0. The van der Waals surface area contributed by atoms with E-state index < -0.39 is 0 Å². The van der Waals surface area contributed by atoms with Crippen molar-refractivity contribution in [2.75, 3.05) is 20.1 Å². The molecule has 0 aromatic rings. The largest absolute Gasteiger partial charge is 0.302 e. The van der Waals surface area contributed by atoms with E-state index in [4.69, 9.17) is 0 Å². The summed E-state index contributed by atoms with van der Waals surface area (Å²) in [7, 11) is 2.30. The van der Waals surface area contributed by atoms with Crippen molar-refractivity contribution in [3.05, 3.63) is 22.8 Å². The maximum Gasteiger partial charge on any atom is 0.0195 e. The second kappa shape index (κ2) is 7.36. The first-order valence-electron chi connectivity index (χ1n) is 10.4. The van der Waals surface area contributed by atoms with E-state index in [0.29, 0.717) is 0 Å². The summed E-state index contributed by atoms with van der Waals surface area (Å²) in [6.45, 7) is 14.8. The molecule has 136 valence electrons. The zero-order valence-electron chi connectivity index (χ0n) is 16.9. The van der Waals surface area contributed by atoms with Crippen LogP contribution in [0.3, 0.4) is 0 Å². The van der Waals surface area contributed by atoms with Crippen molar-refractivity contribution >= 4 is 0 Å². The summed E-state index contributed by atoms with van der Waals surface area (Å²) in [5.41, 5.74) is 5.15. The lowest BCUT2D eigenvalue weighted by Gasteiger charge is -2.47. The van der Waals surface area contributed by atoms with E-state index in [1.54, 1.807) is 16.7 Å². The minimum atomic E-state index is 0.842. The molecule has 24 heavy (non-hydrogen) atoms. The van der Waals surface area contributed by atoms with Gasteiger partial charge >= 0.3 is 0 Å². The summed E-state index contributed by atoms with van der Waals surface area (Å²) < 4.78 is 0. The van der Waals surface area contributed by atoms with E-state index in [0.717, 1.165) is 35.5 Å². The van der Waals surface area contributed by atoms with E-state index in [-0.39, 0.29) is 0 Å². The molecule has 0 N–H and O–H groups in total. The zero-order valence-corrected chi connectivity index (χ0v) is 16.9. The van der Waals surface area contributed by atoms with Gasteiger partial charge in [0.15, 0.2) is 0 Å². The van der Waals surface area contributed by atoms with E-state index in [9.17, 15) is 0 Å². The van der Waals surface area contributed by atoms with Crippen molar-refractivity contribution in [2.45, 2.75) is 66.7 Å². The third kappa shape index (κ3) is 3.66. The standard InChI is InChI=1S/C23H39N/c1-15-7-8-16(2)20(11-15)21-12-19(5)22(13-18(21)4)23-14-24(6)10-9-17(23)3/h7,16,18-22H,8-14H2,1-6H3/t16-,18+,19+,20?,21?,22?/m0/s1. The molecule has 1 fully saturated rings. The molecule has 0 aromatic heterocycles. The second-order valence-electron chi connectivity index (χ2n) is 9.62. The lowest BCUT2D eigenvalue weighted by molar-refractivity contribution is 0.0707. The molecular formula is C23H39N. The minimum absolute atomic E-state index is 0.842. The monoisotopic (exact) mass is 329 g/mol. The lowest BCUT2D eigenvalue weighted by atomic mass is 9.59. The Morgan fingerprint density at radius 2 is 1.71 bits per heavy atom. The Morgan fingerprint density at radius 3 is 2.46 bits per heavy atom. The number of hydrogen-bond donors (Lipinski definition) is 0. The molecule has 1 aliphatic heterocycles. The van der Waals surface area contributed by atoms with Gasteiger partial charge in [-0.05, 0) is 88.5 Å². The van der Waals surface area contributed by atoms with Gasteiger partial charge in [-0.25, -0.2) is 0 Å². The van der Waals surface area contributed by atoms with Crippen LogP contribution in [-0.2, 0) is 0 Å². The van der Waals surface area contributed by atoms with Crippen LogP contribution in [0, 0.1) is 35.5 Å². The van der Waals surface area contributed by atoms with Gasteiger partial charge in [0.05, 0.1) is 0 Å². The van der Waals surface area contributed by atoms with Gasteiger partial charge in [-0.3, -0.25) is 0 Å². The molecule has 0 radical (unpaired) electrons. The number of hydrogen-bond acceptors (Lipinski definition) is 1. The molecule has 1 heteroatoms.